The fraction of sp³-hybridized carbons (Fsp3) is 0.556. The van der Waals surface area contributed by atoms with Gasteiger partial charge in [-0.3, -0.25) is 4.79 Å². The Bertz CT molecular complexity index is 615. The largest absolute Gasteiger partial charge is 0.359 e. The van der Waals surface area contributed by atoms with Crippen molar-refractivity contribution in [2.24, 2.45) is 11.8 Å². The molecule has 2 bridgehead atoms. The number of fused-ring (bicyclic) bond motifs is 2. The van der Waals surface area contributed by atoms with Crippen LogP contribution >= 0.6 is 12.2 Å². The summed E-state index contributed by atoms with van der Waals surface area (Å²) in [7, 11) is 0. The van der Waals surface area contributed by atoms with Gasteiger partial charge in [-0.15, -0.1) is 0 Å². The van der Waals surface area contributed by atoms with Crippen molar-refractivity contribution in [2.75, 3.05) is 16.8 Å². The summed E-state index contributed by atoms with van der Waals surface area (Å²) in [5.74, 6) is 1.94. The van der Waals surface area contributed by atoms with Gasteiger partial charge in [-0.25, -0.2) is 0 Å². The SMILES string of the molecule is O=C1CCCN1c1ccc(NC(=S)N[C@@H]2C[C@H]3CC[C@H]2C3)cc1. The first-order chi connectivity index (χ1) is 11.2. The minimum absolute atomic E-state index is 0.221. The molecule has 2 saturated carbocycles. The first kappa shape index (κ1) is 14.9. The second kappa shape index (κ2) is 6.11. The Balaban J connectivity index is 1.33. The van der Waals surface area contributed by atoms with Crippen LogP contribution in [0.25, 0.3) is 0 Å². The van der Waals surface area contributed by atoms with E-state index in [4.69, 9.17) is 12.2 Å². The number of carbonyl (C=O) groups excluding carboxylic acids is 1. The molecule has 3 fully saturated rings. The minimum Gasteiger partial charge on any atom is -0.359 e. The number of anilines is 2. The number of hydrogen-bond donors (Lipinski definition) is 2. The third-order valence-corrected chi connectivity index (χ3v) is 5.78. The van der Waals surface area contributed by atoms with Gasteiger partial charge in [0.2, 0.25) is 5.91 Å². The predicted molar refractivity (Wildman–Crippen MR) is 96.6 cm³/mol. The van der Waals surface area contributed by atoms with E-state index >= 15 is 0 Å². The van der Waals surface area contributed by atoms with Crippen molar-refractivity contribution < 1.29 is 4.79 Å². The van der Waals surface area contributed by atoms with E-state index in [1.165, 1.54) is 25.7 Å². The lowest BCUT2D eigenvalue weighted by molar-refractivity contribution is -0.117. The lowest BCUT2D eigenvalue weighted by Crippen LogP contribution is -2.40. The molecule has 1 amide bonds. The van der Waals surface area contributed by atoms with E-state index in [1.807, 2.05) is 29.2 Å². The highest BCUT2D eigenvalue weighted by Crippen LogP contribution is 2.44. The Hall–Kier alpha value is -1.62. The zero-order valence-corrected chi connectivity index (χ0v) is 14.1. The molecule has 122 valence electrons. The molecule has 1 saturated heterocycles. The quantitative estimate of drug-likeness (QED) is 0.835. The summed E-state index contributed by atoms with van der Waals surface area (Å²) < 4.78 is 0. The highest BCUT2D eigenvalue weighted by molar-refractivity contribution is 7.80. The van der Waals surface area contributed by atoms with Crippen molar-refractivity contribution in [3.8, 4) is 0 Å². The lowest BCUT2D eigenvalue weighted by Gasteiger charge is -2.24. The molecule has 0 spiro atoms. The lowest BCUT2D eigenvalue weighted by atomic mass is 9.96. The topological polar surface area (TPSA) is 44.4 Å². The first-order valence-electron chi connectivity index (χ1n) is 8.67. The Labute approximate surface area is 142 Å². The number of thiocarbonyl (C=S) groups is 1. The van der Waals surface area contributed by atoms with E-state index in [2.05, 4.69) is 10.6 Å². The summed E-state index contributed by atoms with van der Waals surface area (Å²) >= 11 is 5.46. The van der Waals surface area contributed by atoms with Crippen LogP contribution in [0.15, 0.2) is 24.3 Å². The van der Waals surface area contributed by atoms with Gasteiger partial charge in [0.05, 0.1) is 0 Å². The maximum atomic E-state index is 11.8. The van der Waals surface area contributed by atoms with Gasteiger partial charge in [-0.05, 0) is 74.0 Å². The molecular weight excluding hydrogens is 306 g/mol. The molecule has 2 aliphatic carbocycles. The molecule has 5 heteroatoms. The van der Waals surface area contributed by atoms with Gasteiger partial charge < -0.3 is 15.5 Å². The summed E-state index contributed by atoms with van der Waals surface area (Å²) in [5, 5.41) is 7.48. The highest BCUT2D eigenvalue weighted by Gasteiger charge is 2.39. The molecule has 0 radical (unpaired) electrons. The van der Waals surface area contributed by atoms with E-state index < -0.39 is 0 Å². The standard InChI is InChI=1S/C18H23N3OS/c22-17-2-1-9-21(17)15-7-5-14(6-8-15)19-18(23)20-16-11-12-3-4-13(16)10-12/h5-8,12-13,16H,1-4,9-11H2,(H2,19,20,23)/t12-,13-,16+/m0/s1. The normalized spacial score (nSPS) is 29.1. The summed E-state index contributed by atoms with van der Waals surface area (Å²) in [5.41, 5.74) is 1.95. The van der Waals surface area contributed by atoms with Gasteiger partial charge >= 0.3 is 0 Å². The predicted octanol–water partition coefficient (Wildman–Crippen LogP) is 3.29. The molecular formula is C18H23N3OS. The molecule has 1 aliphatic heterocycles. The van der Waals surface area contributed by atoms with Crippen LogP contribution in [0, 0.1) is 11.8 Å². The summed E-state index contributed by atoms with van der Waals surface area (Å²) in [6.45, 7) is 0.829. The fourth-order valence-corrected chi connectivity index (χ4v) is 4.67. The van der Waals surface area contributed by atoms with Gasteiger partial charge in [0, 0.05) is 30.4 Å². The van der Waals surface area contributed by atoms with Gasteiger partial charge in [0.15, 0.2) is 5.11 Å². The smallest absolute Gasteiger partial charge is 0.227 e. The molecule has 23 heavy (non-hydrogen) atoms. The Kier molecular flexibility index (Phi) is 3.97. The molecule has 0 unspecified atom stereocenters. The van der Waals surface area contributed by atoms with Gasteiger partial charge in [0.1, 0.15) is 0 Å². The first-order valence-corrected chi connectivity index (χ1v) is 9.08. The van der Waals surface area contributed by atoms with Crippen molar-refractivity contribution in [1.82, 2.24) is 5.32 Å². The van der Waals surface area contributed by atoms with E-state index in [1.54, 1.807) is 0 Å². The Morgan fingerprint density at radius 1 is 1.17 bits per heavy atom. The van der Waals surface area contributed by atoms with Crippen molar-refractivity contribution in [2.45, 2.75) is 44.6 Å². The molecule has 0 aromatic heterocycles. The molecule has 1 aromatic carbocycles. The molecule has 3 aliphatic rings. The second-order valence-corrected chi connectivity index (χ2v) is 7.48. The fourth-order valence-electron chi connectivity index (χ4n) is 4.40. The summed E-state index contributed by atoms with van der Waals surface area (Å²) in [6.07, 6.45) is 7.01. The molecule has 4 rings (SSSR count). The molecule has 1 heterocycles. The maximum Gasteiger partial charge on any atom is 0.227 e. The monoisotopic (exact) mass is 329 g/mol. The van der Waals surface area contributed by atoms with Gasteiger partial charge in [-0.2, -0.15) is 0 Å². The maximum absolute atomic E-state index is 11.8. The second-order valence-electron chi connectivity index (χ2n) is 7.08. The number of rotatable bonds is 3. The zero-order chi connectivity index (χ0) is 15.8. The average molecular weight is 329 g/mol. The minimum atomic E-state index is 0.221. The number of benzene rings is 1. The van der Waals surface area contributed by atoms with Crippen LogP contribution in [-0.4, -0.2) is 23.6 Å². The van der Waals surface area contributed by atoms with Crippen LogP contribution in [-0.2, 0) is 4.79 Å². The summed E-state index contributed by atoms with van der Waals surface area (Å²) in [4.78, 5) is 13.6. The van der Waals surface area contributed by atoms with Crippen LogP contribution in [0.1, 0.15) is 38.5 Å². The van der Waals surface area contributed by atoms with Crippen LogP contribution in [0.4, 0.5) is 11.4 Å². The number of amides is 1. The van der Waals surface area contributed by atoms with Crippen molar-refractivity contribution in [3.63, 3.8) is 0 Å². The number of hydrogen-bond acceptors (Lipinski definition) is 2. The molecule has 3 atom stereocenters. The van der Waals surface area contributed by atoms with Crippen molar-refractivity contribution in [1.29, 1.82) is 0 Å². The number of nitrogens with zero attached hydrogens (tertiary/aromatic N) is 1. The van der Waals surface area contributed by atoms with E-state index in [0.29, 0.717) is 17.6 Å². The highest BCUT2D eigenvalue weighted by atomic mass is 32.1. The zero-order valence-electron chi connectivity index (χ0n) is 13.3. The number of nitrogens with one attached hydrogen (secondary N) is 2. The van der Waals surface area contributed by atoms with E-state index in [0.717, 1.165) is 36.2 Å². The third kappa shape index (κ3) is 3.07. The van der Waals surface area contributed by atoms with E-state index in [9.17, 15) is 4.79 Å². The van der Waals surface area contributed by atoms with Crippen LogP contribution in [0.3, 0.4) is 0 Å². The number of carbonyl (C=O) groups is 1. The van der Waals surface area contributed by atoms with Gasteiger partial charge in [-0.1, -0.05) is 6.42 Å². The summed E-state index contributed by atoms with van der Waals surface area (Å²) in [6, 6.07) is 8.53. The Morgan fingerprint density at radius 3 is 2.61 bits per heavy atom. The van der Waals surface area contributed by atoms with Crippen LogP contribution in [0.2, 0.25) is 0 Å². The average Bonchev–Trinajstić information content (AvgIpc) is 3.25. The molecule has 2 N–H and O–H groups in total. The van der Waals surface area contributed by atoms with Crippen molar-refractivity contribution >= 4 is 34.6 Å². The van der Waals surface area contributed by atoms with Crippen molar-refractivity contribution in [3.05, 3.63) is 24.3 Å². The van der Waals surface area contributed by atoms with Crippen LogP contribution < -0.4 is 15.5 Å². The third-order valence-electron chi connectivity index (χ3n) is 5.56. The molecule has 4 nitrogen and oxygen atoms in total. The Morgan fingerprint density at radius 2 is 2.00 bits per heavy atom. The molecule has 1 aromatic rings. The van der Waals surface area contributed by atoms with Crippen LogP contribution in [0.5, 0.6) is 0 Å². The van der Waals surface area contributed by atoms with Gasteiger partial charge in [0.25, 0.3) is 0 Å². The van der Waals surface area contributed by atoms with E-state index in [-0.39, 0.29) is 5.91 Å².